The van der Waals surface area contributed by atoms with Crippen LogP contribution in [0, 0.1) is 0 Å². The Morgan fingerprint density at radius 1 is 1.45 bits per heavy atom. The second-order valence-electron chi connectivity index (χ2n) is 4.89. The maximum absolute atomic E-state index is 4.40. The van der Waals surface area contributed by atoms with Crippen LogP contribution in [-0.2, 0) is 5.75 Å². The van der Waals surface area contributed by atoms with Crippen LogP contribution in [-0.4, -0.2) is 31.7 Å². The summed E-state index contributed by atoms with van der Waals surface area (Å²) in [6, 6.07) is 4.60. The van der Waals surface area contributed by atoms with Crippen molar-refractivity contribution in [1.82, 2.24) is 25.2 Å². The van der Waals surface area contributed by atoms with Crippen molar-refractivity contribution in [3.63, 3.8) is 0 Å². The quantitative estimate of drug-likeness (QED) is 0.790. The van der Waals surface area contributed by atoms with Gasteiger partial charge < -0.3 is 5.32 Å². The highest BCUT2D eigenvalue weighted by Crippen LogP contribution is 2.36. The first-order valence-electron chi connectivity index (χ1n) is 6.96. The molecule has 7 heteroatoms. The number of anilines is 1. The van der Waals surface area contributed by atoms with E-state index >= 15 is 0 Å². The van der Waals surface area contributed by atoms with Gasteiger partial charge >= 0.3 is 0 Å². The summed E-state index contributed by atoms with van der Waals surface area (Å²) in [5, 5.41) is 16.2. The third-order valence-corrected chi connectivity index (χ3v) is 4.07. The minimum Gasteiger partial charge on any atom is -0.385 e. The van der Waals surface area contributed by atoms with Crippen LogP contribution in [0.5, 0.6) is 0 Å². The van der Waals surface area contributed by atoms with Gasteiger partial charge in [-0.25, -0.2) is 4.68 Å². The molecule has 1 N–H and O–H groups in total. The van der Waals surface area contributed by atoms with E-state index in [0.29, 0.717) is 6.04 Å². The molecule has 2 aromatic rings. The van der Waals surface area contributed by atoms with E-state index in [1.165, 1.54) is 12.8 Å². The number of thioether (sulfide) groups is 1. The van der Waals surface area contributed by atoms with Crippen LogP contribution in [0.25, 0.3) is 0 Å². The lowest BCUT2D eigenvalue weighted by Crippen LogP contribution is -2.01. The fourth-order valence-electron chi connectivity index (χ4n) is 1.90. The SMILES string of the molecule is CCCNc1ccnc(CSc2nnnn2C2CC2)c1. The van der Waals surface area contributed by atoms with Crippen LogP contribution in [0.3, 0.4) is 0 Å². The molecule has 2 heterocycles. The first-order chi connectivity index (χ1) is 9.86. The van der Waals surface area contributed by atoms with Crippen LogP contribution < -0.4 is 5.32 Å². The Hall–Kier alpha value is -1.63. The molecular weight excluding hydrogens is 272 g/mol. The van der Waals surface area contributed by atoms with E-state index in [4.69, 9.17) is 0 Å². The fraction of sp³-hybridized carbons (Fsp3) is 0.538. The molecule has 0 atom stereocenters. The molecule has 0 saturated heterocycles. The van der Waals surface area contributed by atoms with Gasteiger partial charge in [0.1, 0.15) is 0 Å². The minimum atomic E-state index is 0.512. The highest BCUT2D eigenvalue weighted by Gasteiger charge is 2.27. The molecule has 3 rings (SSSR count). The summed E-state index contributed by atoms with van der Waals surface area (Å²) < 4.78 is 1.93. The van der Waals surface area contributed by atoms with E-state index in [1.807, 2.05) is 16.9 Å². The monoisotopic (exact) mass is 290 g/mol. The average molecular weight is 290 g/mol. The lowest BCUT2D eigenvalue weighted by molar-refractivity contribution is 0.565. The summed E-state index contributed by atoms with van der Waals surface area (Å²) in [4.78, 5) is 4.40. The fourth-order valence-corrected chi connectivity index (χ4v) is 2.75. The van der Waals surface area contributed by atoms with Crippen molar-refractivity contribution in [2.24, 2.45) is 0 Å². The van der Waals surface area contributed by atoms with Crippen molar-refractivity contribution in [2.45, 2.75) is 43.1 Å². The molecule has 0 spiro atoms. The van der Waals surface area contributed by atoms with E-state index < -0.39 is 0 Å². The minimum absolute atomic E-state index is 0.512. The van der Waals surface area contributed by atoms with Gasteiger partial charge in [0, 0.05) is 24.2 Å². The third-order valence-electron chi connectivity index (χ3n) is 3.10. The Balaban J connectivity index is 1.61. The lowest BCUT2D eigenvalue weighted by atomic mass is 10.3. The van der Waals surface area contributed by atoms with Gasteiger partial charge in [-0.1, -0.05) is 18.7 Å². The number of hydrogen-bond donors (Lipinski definition) is 1. The second kappa shape index (κ2) is 6.21. The van der Waals surface area contributed by atoms with Gasteiger partial charge in [0.05, 0.1) is 11.7 Å². The van der Waals surface area contributed by atoms with E-state index in [9.17, 15) is 0 Å². The van der Waals surface area contributed by atoms with Crippen molar-refractivity contribution in [2.75, 3.05) is 11.9 Å². The number of aromatic nitrogens is 5. The van der Waals surface area contributed by atoms with Gasteiger partial charge in [0.2, 0.25) is 5.16 Å². The predicted octanol–water partition coefficient (Wildman–Crippen LogP) is 2.52. The van der Waals surface area contributed by atoms with Gasteiger partial charge in [0.25, 0.3) is 0 Å². The molecule has 106 valence electrons. The standard InChI is InChI=1S/C13H18N6S/c1-2-6-14-10-5-7-15-11(8-10)9-20-13-16-17-18-19(13)12-3-4-12/h5,7-8,12H,2-4,6,9H2,1H3,(H,14,15). The van der Waals surface area contributed by atoms with Crippen molar-refractivity contribution in [3.05, 3.63) is 24.0 Å². The van der Waals surface area contributed by atoms with Crippen LogP contribution in [0.2, 0.25) is 0 Å². The molecule has 20 heavy (non-hydrogen) atoms. The molecule has 1 aliphatic rings. The largest absolute Gasteiger partial charge is 0.385 e. The molecule has 0 aliphatic heterocycles. The maximum atomic E-state index is 4.40. The molecule has 6 nitrogen and oxygen atoms in total. The van der Waals surface area contributed by atoms with Crippen LogP contribution >= 0.6 is 11.8 Å². The Bertz CT molecular complexity index is 565. The molecule has 0 radical (unpaired) electrons. The van der Waals surface area contributed by atoms with Crippen LogP contribution in [0.1, 0.15) is 37.9 Å². The summed E-state index contributed by atoms with van der Waals surface area (Å²) in [5.41, 5.74) is 2.17. The second-order valence-corrected chi connectivity index (χ2v) is 5.83. The molecule has 0 amide bonds. The predicted molar refractivity (Wildman–Crippen MR) is 78.7 cm³/mol. The lowest BCUT2D eigenvalue weighted by Gasteiger charge is -2.06. The van der Waals surface area contributed by atoms with Gasteiger partial charge in [-0.05, 0) is 41.8 Å². The number of pyridine rings is 1. The molecule has 2 aromatic heterocycles. The summed E-state index contributed by atoms with van der Waals surface area (Å²) in [6.45, 7) is 3.14. The van der Waals surface area contributed by atoms with E-state index in [0.717, 1.165) is 35.3 Å². The van der Waals surface area contributed by atoms with Crippen molar-refractivity contribution in [1.29, 1.82) is 0 Å². The molecular formula is C13H18N6S. The van der Waals surface area contributed by atoms with Crippen molar-refractivity contribution < 1.29 is 0 Å². The zero-order chi connectivity index (χ0) is 13.8. The Morgan fingerprint density at radius 3 is 3.15 bits per heavy atom. The van der Waals surface area contributed by atoms with Gasteiger partial charge in [-0.3, -0.25) is 4.98 Å². The highest BCUT2D eigenvalue weighted by atomic mass is 32.2. The molecule has 1 saturated carbocycles. The molecule has 1 aliphatic carbocycles. The van der Waals surface area contributed by atoms with Crippen molar-refractivity contribution >= 4 is 17.4 Å². The third kappa shape index (κ3) is 3.27. The number of nitrogens with zero attached hydrogens (tertiary/aromatic N) is 5. The Labute approximate surface area is 122 Å². The summed E-state index contributed by atoms with van der Waals surface area (Å²) in [7, 11) is 0. The summed E-state index contributed by atoms with van der Waals surface area (Å²) in [5.74, 6) is 0.786. The number of tetrazole rings is 1. The molecule has 0 bridgehead atoms. The normalized spacial score (nSPS) is 14.4. The first-order valence-corrected chi connectivity index (χ1v) is 7.95. The van der Waals surface area contributed by atoms with Crippen molar-refractivity contribution in [3.8, 4) is 0 Å². The van der Waals surface area contributed by atoms with E-state index in [2.05, 4.69) is 38.8 Å². The number of nitrogens with one attached hydrogen (secondary N) is 1. The van der Waals surface area contributed by atoms with Gasteiger partial charge in [-0.2, -0.15) is 0 Å². The highest BCUT2D eigenvalue weighted by molar-refractivity contribution is 7.98. The summed E-state index contributed by atoms with van der Waals surface area (Å²) in [6.07, 6.45) is 5.33. The number of hydrogen-bond acceptors (Lipinski definition) is 6. The zero-order valence-electron chi connectivity index (χ0n) is 11.5. The topological polar surface area (TPSA) is 68.5 Å². The zero-order valence-corrected chi connectivity index (χ0v) is 12.3. The summed E-state index contributed by atoms with van der Waals surface area (Å²) >= 11 is 1.64. The molecule has 1 fully saturated rings. The first kappa shape index (κ1) is 13.4. The van der Waals surface area contributed by atoms with E-state index in [1.54, 1.807) is 11.8 Å². The van der Waals surface area contributed by atoms with Gasteiger partial charge in [0.15, 0.2) is 0 Å². The Kier molecular flexibility index (Phi) is 4.15. The van der Waals surface area contributed by atoms with Gasteiger partial charge in [-0.15, -0.1) is 5.10 Å². The van der Waals surface area contributed by atoms with E-state index in [-0.39, 0.29) is 0 Å². The number of rotatable bonds is 7. The molecule has 0 aromatic carbocycles. The Morgan fingerprint density at radius 2 is 2.35 bits per heavy atom. The average Bonchev–Trinajstić information content (AvgIpc) is 3.22. The maximum Gasteiger partial charge on any atom is 0.209 e. The smallest absolute Gasteiger partial charge is 0.209 e. The van der Waals surface area contributed by atoms with Crippen LogP contribution in [0.15, 0.2) is 23.5 Å². The molecule has 0 unspecified atom stereocenters. The van der Waals surface area contributed by atoms with Crippen LogP contribution in [0.4, 0.5) is 5.69 Å².